The van der Waals surface area contributed by atoms with Gasteiger partial charge in [0.05, 0.1) is 11.0 Å². The van der Waals surface area contributed by atoms with E-state index in [0.717, 1.165) is 19.3 Å². The maximum absolute atomic E-state index is 12.1. The molecule has 0 aliphatic carbocycles. The van der Waals surface area contributed by atoms with Crippen LogP contribution in [0.5, 0.6) is 0 Å². The van der Waals surface area contributed by atoms with Crippen molar-refractivity contribution in [2.45, 2.75) is 39.2 Å². The van der Waals surface area contributed by atoms with Gasteiger partial charge in [0.25, 0.3) is 0 Å². The second-order valence-electron chi connectivity index (χ2n) is 4.70. The molecule has 0 radical (unpaired) electrons. The quantitative estimate of drug-likeness (QED) is 0.728. The molecule has 1 aliphatic rings. The van der Waals surface area contributed by atoms with Gasteiger partial charge in [-0.25, -0.2) is 0 Å². The van der Waals surface area contributed by atoms with Crippen molar-refractivity contribution in [2.24, 2.45) is 17.6 Å². The summed E-state index contributed by atoms with van der Waals surface area (Å²) in [6.07, 6.45) is 2.54. The zero-order valence-corrected chi connectivity index (χ0v) is 11.4. The van der Waals surface area contributed by atoms with E-state index < -0.39 is 0 Å². The number of rotatable bonds is 5. The highest BCUT2D eigenvalue weighted by Crippen LogP contribution is 2.21. The van der Waals surface area contributed by atoms with E-state index in [1.54, 1.807) is 0 Å². The molecule has 5 heteroatoms. The summed E-state index contributed by atoms with van der Waals surface area (Å²) in [4.78, 5) is 12.5. The van der Waals surface area contributed by atoms with Crippen LogP contribution in [0, 0.1) is 11.8 Å². The van der Waals surface area contributed by atoms with Gasteiger partial charge in [-0.15, -0.1) is 0 Å². The van der Waals surface area contributed by atoms with Crippen LogP contribution in [0.25, 0.3) is 0 Å². The average molecular weight is 258 g/mol. The molecule has 0 aromatic carbocycles. The van der Waals surface area contributed by atoms with E-state index in [9.17, 15) is 4.79 Å². The fourth-order valence-corrected chi connectivity index (χ4v) is 2.30. The van der Waals surface area contributed by atoms with Crippen molar-refractivity contribution >= 4 is 23.1 Å². The van der Waals surface area contributed by atoms with Gasteiger partial charge in [0, 0.05) is 19.1 Å². The molecule has 3 atom stereocenters. The molecule has 1 amide bonds. The molecular formula is C12H22N2O2S. The molecule has 1 saturated heterocycles. The van der Waals surface area contributed by atoms with Gasteiger partial charge in [-0.3, -0.25) is 4.79 Å². The van der Waals surface area contributed by atoms with Crippen molar-refractivity contribution in [3.05, 3.63) is 0 Å². The van der Waals surface area contributed by atoms with Crippen molar-refractivity contribution in [1.29, 1.82) is 0 Å². The number of amides is 1. The number of carbonyl (C=O) groups excluding carboxylic acids is 1. The van der Waals surface area contributed by atoms with E-state index in [1.807, 2.05) is 6.92 Å². The molecule has 0 saturated carbocycles. The molecule has 4 nitrogen and oxygen atoms in total. The lowest BCUT2D eigenvalue weighted by molar-refractivity contribution is -0.130. The maximum Gasteiger partial charge on any atom is 0.224 e. The summed E-state index contributed by atoms with van der Waals surface area (Å²) in [6.45, 7) is 5.41. The molecular weight excluding hydrogens is 236 g/mol. The normalized spacial score (nSPS) is 26.2. The summed E-state index contributed by atoms with van der Waals surface area (Å²) in [5.41, 5.74) is 5.63. The molecule has 1 rings (SSSR count). The van der Waals surface area contributed by atoms with Gasteiger partial charge < -0.3 is 15.8 Å². The zero-order valence-electron chi connectivity index (χ0n) is 10.6. The zero-order chi connectivity index (χ0) is 12.8. The number of hydrogen-bond acceptors (Lipinski definition) is 3. The molecule has 17 heavy (non-hydrogen) atoms. The molecule has 98 valence electrons. The lowest BCUT2D eigenvalue weighted by Gasteiger charge is -2.29. The first-order chi connectivity index (χ1) is 8.06. The third kappa shape index (κ3) is 4.24. The minimum absolute atomic E-state index is 0.0254. The largest absolute Gasteiger partial charge is 0.392 e. The molecule has 0 bridgehead atoms. The Morgan fingerprint density at radius 3 is 2.88 bits per heavy atom. The number of thiocarbonyl (C=S) groups is 1. The molecule has 0 aromatic rings. The van der Waals surface area contributed by atoms with Crippen molar-refractivity contribution < 1.29 is 9.53 Å². The highest BCUT2D eigenvalue weighted by molar-refractivity contribution is 7.80. The number of nitrogens with one attached hydrogen (secondary N) is 1. The first-order valence-corrected chi connectivity index (χ1v) is 6.64. The Bertz CT molecular complexity index is 284. The number of hydrogen-bond donors (Lipinski definition) is 2. The van der Waals surface area contributed by atoms with E-state index in [-0.39, 0.29) is 23.8 Å². The Balaban J connectivity index is 2.53. The first kappa shape index (κ1) is 14.4. The summed E-state index contributed by atoms with van der Waals surface area (Å²) in [5, 5.41) is 2.96. The Labute approximate surface area is 108 Å². The van der Waals surface area contributed by atoms with Crippen molar-refractivity contribution in [3.63, 3.8) is 0 Å². The van der Waals surface area contributed by atoms with Crippen LogP contribution in [0.4, 0.5) is 0 Å². The number of ether oxygens (including phenoxy) is 1. The van der Waals surface area contributed by atoms with E-state index in [4.69, 9.17) is 22.7 Å². The molecule has 1 heterocycles. The lowest BCUT2D eigenvalue weighted by Crippen LogP contribution is -2.48. The van der Waals surface area contributed by atoms with Crippen LogP contribution in [-0.2, 0) is 9.53 Å². The highest BCUT2D eigenvalue weighted by atomic mass is 32.1. The Hall–Kier alpha value is -0.680. The average Bonchev–Trinajstić information content (AvgIpc) is 2.28. The summed E-state index contributed by atoms with van der Waals surface area (Å²) < 4.78 is 5.33. The minimum Gasteiger partial charge on any atom is -0.392 e. The smallest absolute Gasteiger partial charge is 0.224 e. The summed E-state index contributed by atoms with van der Waals surface area (Å²) in [6, 6.07) is -0.169. The predicted molar refractivity (Wildman–Crippen MR) is 71.7 cm³/mol. The second kappa shape index (κ2) is 6.91. The van der Waals surface area contributed by atoms with Crippen LogP contribution in [0.15, 0.2) is 0 Å². The van der Waals surface area contributed by atoms with E-state index in [2.05, 4.69) is 12.2 Å². The van der Waals surface area contributed by atoms with E-state index >= 15 is 0 Å². The fourth-order valence-electron chi connectivity index (χ4n) is 2.12. The monoisotopic (exact) mass is 258 g/mol. The first-order valence-electron chi connectivity index (χ1n) is 6.23. The van der Waals surface area contributed by atoms with Crippen LogP contribution in [0.1, 0.15) is 33.1 Å². The molecule has 3 unspecified atom stereocenters. The SMILES string of the molecule is CCCC(NC(=O)C1CCOCC1C)C(N)=S. The maximum atomic E-state index is 12.1. The Morgan fingerprint density at radius 2 is 2.35 bits per heavy atom. The van der Waals surface area contributed by atoms with Gasteiger partial charge in [0.2, 0.25) is 5.91 Å². The Morgan fingerprint density at radius 1 is 1.65 bits per heavy atom. The molecule has 0 spiro atoms. The summed E-state index contributed by atoms with van der Waals surface area (Å²) in [7, 11) is 0. The third-order valence-electron chi connectivity index (χ3n) is 3.21. The van der Waals surface area contributed by atoms with Crippen molar-refractivity contribution in [3.8, 4) is 0 Å². The van der Waals surface area contributed by atoms with Gasteiger partial charge in [-0.2, -0.15) is 0 Å². The summed E-state index contributed by atoms with van der Waals surface area (Å²) in [5.74, 6) is 0.349. The standard InChI is InChI=1S/C12H22N2O2S/c1-3-4-10(11(13)17)14-12(15)9-5-6-16-7-8(9)2/h8-10H,3-7H2,1-2H3,(H2,13,17)(H,14,15). The summed E-state index contributed by atoms with van der Waals surface area (Å²) >= 11 is 4.97. The molecule has 3 N–H and O–H groups in total. The molecule has 1 fully saturated rings. The van der Waals surface area contributed by atoms with Crippen molar-refractivity contribution in [2.75, 3.05) is 13.2 Å². The van der Waals surface area contributed by atoms with E-state index in [1.165, 1.54) is 0 Å². The lowest BCUT2D eigenvalue weighted by atomic mass is 9.89. The van der Waals surface area contributed by atoms with Crippen LogP contribution < -0.4 is 11.1 Å². The minimum atomic E-state index is -0.169. The third-order valence-corrected chi connectivity index (χ3v) is 3.50. The van der Waals surface area contributed by atoms with Gasteiger partial charge in [-0.1, -0.05) is 32.5 Å². The van der Waals surface area contributed by atoms with Gasteiger partial charge in [-0.05, 0) is 18.8 Å². The van der Waals surface area contributed by atoms with Gasteiger partial charge in [0.1, 0.15) is 0 Å². The second-order valence-corrected chi connectivity index (χ2v) is 5.17. The molecule has 1 aliphatic heterocycles. The van der Waals surface area contributed by atoms with Crippen LogP contribution in [-0.4, -0.2) is 30.2 Å². The van der Waals surface area contributed by atoms with Crippen molar-refractivity contribution in [1.82, 2.24) is 5.32 Å². The highest BCUT2D eigenvalue weighted by Gasteiger charge is 2.29. The Kier molecular flexibility index (Phi) is 5.85. The number of carbonyl (C=O) groups is 1. The molecule has 0 aromatic heterocycles. The van der Waals surface area contributed by atoms with Crippen LogP contribution in [0.2, 0.25) is 0 Å². The van der Waals surface area contributed by atoms with Crippen LogP contribution >= 0.6 is 12.2 Å². The van der Waals surface area contributed by atoms with Gasteiger partial charge >= 0.3 is 0 Å². The van der Waals surface area contributed by atoms with Gasteiger partial charge in [0.15, 0.2) is 0 Å². The predicted octanol–water partition coefficient (Wildman–Crippen LogP) is 1.23. The topological polar surface area (TPSA) is 64.3 Å². The fraction of sp³-hybridized carbons (Fsp3) is 0.833. The van der Waals surface area contributed by atoms with Crippen LogP contribution in [0.3, 0.4) is 0 Å². The number of nitrogens with two attached hydrogens (primary N) is 1. The van der Waals surface area contributed by atoms with E-state index in [0.29, 0.717) is 18.2 Å².